The van der Waals surface area contributed by atoms with Crippen LogP contribution in [0.1, 0.15) is 53.4 Å². The molecule has 0 saturated heterocycles. The van der Waals surface area contributed by atoms with Gasteiger partial charge in [0.15, 0.2) is 0 Å². The van der Waals surface area contributed by atoms with Crippen LogP contribution in [0.4, 0.5) is 0 Å². The predicted molar refractivity (Wildman–Crippen MR) is 101 cm³/mol. The fraction of sp³-hybridized carbons (Fsp3) is 0.565. The molecule has 0 radical (unpaired) electrons. The molecule has 0 spiro atoms. The van der Waals surface area contributed by atoms with Crippen molar-refractivity contribution in [3.8, 4) is 0 Å². The van der Waals surface area contributed by atoms with Crippen LogP contribution in [0.5, 0.6) is 0 Å². The quantitative estimate of drug-likeness (QED) is 0.475. The number of allylic oxidation sites excluding steroid dienone is 8. The summed E-state index contributed by atoms with van der Waals surface area (Å²) in [6.45, 7) is 8.88. The van der Waals surface area contributed by atoms with Gasteiger partial charge in [0.05, 0.1) is 0 Å². The average molecular weight is 470 g/mol. The van der Waals surface area contributed by atoms with E-state index in [0.717, 1.165) is 23.7 Å². The minimum atomic E-state index is 0. The van der Waals surface area contributed by atoms with E-state index in [1.807, 2.05) is 0 Å². The van der Waals surface area contributed by atoms with Gasteiger partial charge in [0, 0.05) is 0 Å². The van der Waals surface area contributed by atoms with Crippen molar-refractivity contribution in [2.75, 3.05) is 0 Å². The molecule has 0 amide bonds. The van der Waals surface area contributed by atoms with Gasteiger partial charge in [-0.05, 0) is 44.1 Å². The molecule has 4 rings (SSSR count). The fourth-order valence-corrected chi connectivity index (χ4v) is 5.16. The second kappa shape index (κ2) is 10.7. The molecule has 142 valence electrons. The Hall–Kier alpha value is 0.293. The Labute approximate surface area is 187 Å². The molecule has 3 heteroatoms. The van der Waals surface area contributed by atoms with Crippen molar-refractivity contribution in [1.82, 2.24) is 0 Å². The van der Waals surface area contributed by atoms with Gasteiger partial charge in [-0.15, -0.1) is 12.0 Å². The summed E-state index contributed by atoms with van der Waals surface area (Å²) in [5, 5.41) is 0. The van der Waals surface area contributed by atoms with Crippen molar-refractivity contribution >= 4 is 3.21 Å². The first kappa shape index (κ1) is 24.3. The molecule has 0 heterocycles. The van der Waals surface area contributed by atoms with E-state index in [-0.39, 0.29) is 24.8 Å². The molecular formula is C23H31Cl2Zr-. The molecule has 0 N–H and O–H groups in total. The molecule has 0 aliphatic heterocycles. The first-order chi connectivity index (χ1) is 11.5. The number of hydrogen-bond acceptors (Lipinski definition) is 0. The zero-order valence-corrected chi connectivity index (χ0v) is 20.4. The SMILES string of the molecule is CC1=CCC(C2CCCC3C4C=CC=CC4[CH-]C23)=C1C.C[C](C)=[Zr+2].[Cl-].[Cl-]. The Morgan fingerprint density at radius 2 is 1.73 bits per heavy atom. The summed E-state index contributed by atoms with van der Waals surface area (Å²) < 4.78 is 1.51. The molecule has 5 atom stereocenters. The molecule has 0 aromatic carbocycles. The molecule has 0 bridgehead atoms. The van der Waals surface area contributed by atoms with Gasteiger partial charge < -0.3 is 31.2 Å². The van der Waals surface area contributed by atoms with Crippen molar-refractivity contribution in [2.24, 2.45) is 29.6 Å². The van der Waals surface area contributed by atoms with Crippen molar-refractivity contribution < 1.29 is 49.0 Å². The summed E-state index contributed by atoms with van der Waals surface area (Å²) in [4.78, 5) is 0. The van der Waals surface area contributed by atoms with Crippen molar-refractivity contribution in [1.29, 1.82) is 0 Å². The van der Waals surface area contributed by atoms with Crippen LogP contribution in [0, 0.1) is 36.0 Å². The van der Waals surface area contributed by atoms with E-state index in [4.69, 9.17) is 0 Å². The summed E-state index contributed by atoms with van der Waals surface area (Å²) in [6.07, 6.45) is 20.1. The van der Waals surface area contributed by atoms with Crippen molar-refractivity contribution in [3.05, 3.63) is 53.5 Å². The van der Waals surface area contributed by atoms with E-state index in [0.29, 0.717) is 5.92 Å². The van der Waals surface area contributed by atoms with Gasteiger partial charge in [-0.3, -0.25) is 0 Å². The number of rotatable bonds is 1. The first-order valence-corrected chi connectivity index (χ1v) is 10.8. The van der Waals surface area contributed by atoms with Gasteiger partial charge in [0.1, 0.15) is 0 Å². The molecular weight excluding hydrogens is 438 g/mol. The maximum Gasteiger partial charge on any atom is -1.00 e. The molecule has 26 heavy (non-hydrogen) atoms. The van der Waals surface area contributed by atoms with Crippen LogP contribution in [0.25, 0.3) is 0 Å². The first-order valence-electron chi connectivity index (χ1n) is 9.57. The van der Waals surface area contributed by atoms with Crippen molar-refractivity contribution in [2.45, 2.75) is 53.4 Å². The summed E-state index contributed by atoms with van der Waals surface area (Å²) in [5.41, 5.74) is 4.89. The van der Waals surface area contributed by atoms with Crippen LogP contribution < -0.4 is 24.8 Å². The molecule has 0 nitrogen and oxygen atoms in total. The maximum absolute atomic E-state index is 2.70. The van der Waals surface area contributed by atoms with Crippen LogP contribution in [0.3, 0.4) is 0 Å². The molecule has 4 aliphatic carbocycles. The van der Waals surface area contributed by atoms with E-state index >= 15 is 0 Å². The van der Waals surface area contributed by atoms with Crippen LogP contribution in [0.15, 0.2) is 47.1 Å². The van der Waals surface area contributed by atoms with E-state index in [1.165, 1.54) is 34.5 Å². The molecule has 0 aromatic rings. The average Bonchev–Trinajstić information content (AvgIpc) is 3.08. The molecule has 2 fully saturated rings. The van der Waals surface area contributed by atoms with Gasteiger partial charge in [0.2, 0.25) is 0 Å². The standard InChI is InChI=1S/C20H25.C3H6.2ClH.Zr/c1-13-10-11-16(14(13)2)18-8-5-9-19-17-7-4-3-6-15(17)12-20(18)19;1-3-2;;;/h3-4,6-7,10,12,15,17-20H,5,8-9,11H2,1-2H3;1-2H3;2*1H;/q-1;;;;+2/p-2. The minimum Gasteiger partial charge on any atom is -1.00 e. The fourth-order valence-electron chi connectivity index (χ4n) is 5.16. The van der Waals surface area contributed by atoms with Crippen LogP contribution in [-0.2, 0) is 24.2 Å². The maximum atomic E-state index is 2.70. The Morgan fingerprint density at radius 3 is 2.35 bits per heavy atom. The van der Waals surface area contributed by atoms with E-state index in [2.05, 4.69) is 64.5 Å². The Morgan fingerprint density at radius 1 is 1.08 bits per heavy atom. The van der Waals surface area contributed by atoms with Gasteiger partial charge >= 0.3 is 41.3 Å². The summed E-state index contributed by atoms with van der Waals surface area (Å²) >= 11 is 1.55. The molecule has 4 aliphatic rings. The zero-order chi connectivity index (χ0) is 17.3. The normalized spacial score (nSPS) is 33.9. The number of fused-ring (bicyclic) bond motifs is 3. The Balaban J connectivity index is 0.000000516. The van der Waals surface area contributed by atoms with Crippen molar-refractivity contribution in [3.63, 3.8) is 0 Å². The Bertz CT molecular complexity index is 622. The van der Waals surface area contributed by atoms with Gasteiger partial charge in [-0.25, -0.2) is 0 Å². The number of halogens is 2. The largest absolute Gasteiger partial charge is 1.00 e. The Kier molecular flexibility index (Phi) is 10.0. The van der Waals surface area contributed by atoms with Gasteiger partial charge in [0.25, 0.3) is 0 Å². The topological polar surface area (TPSA) is 0 Å². The minimum absolute atomic E-state index is 0. The monoisotopic (exact) mass is 467 g/mol. The van der Waals surface area contributed by atoms with E-state index in [9.17, 15) is 0 Å². The van der Waals surface area contributed by atoms with Crippen LogP contribution in [-0.4, -0.2) is 3.21 Å². The molecule has 2 saturated carbocycles. The summed E-state index contributed by atoms with van der Waals surface area (Å²) in [5.74, 6) is 4.07. The van der Waals surface area contributed by atoms with Crippen LogP contribution in [0.2, 0.25) is 0 Å². The summed E-state index contributed by atoms with van der Waals surface area (Å²) in [7, 11) is 0. The third-order valence-electron chi connectivity index (χ3n) is 6.32. The zero-order valence-electron chi connectivity index (χ0n) is 16.4. The number of hydrogen-bond donors (Lipinski definition) is 0. The van der Waals surface area contributed by atoms with Crippen LogP contribution >= 0.6 is 0 Å². The van der Waals surface area contributed by atoms with E-state index in [1.54, 1.807) is 35.4 Å². The van der Waals surface area contributed by atoms with Gasteiger partial charge in [-0.2, -0.15) is 5.92 Å². The summed E-state index contributed by atoms with van der Waals surface area (Å²) in [6, 6.07) is 0. The third-order valence-corrected chi connectivity index (χ3v) is 6.32. The molecule has 5 unspecified atom stereocenters. The molecule has 0 aromatic heterocycles. The predicted octanol–water partition coefficient (Wildman–Crippen LogP) is 0.0151. The second-order valence-electron chi connectivity index (χ2n) is 8.14. The smallest absolute Gasteiger partial charge is 1.00 e. The van der Waals surface area contributed by atoms with Gasteiger partial charge in [-0.1, -0.05) is 54.2 Å². The third kappa shape index (κ3) is 5.21. The van der Waals surface area contributed by atoms with E-state index < -0.39 is 0 Å². The second-order valence-corrected chi connectivity index (χ2v) is 10.6.